The third-order valence-electron chi connectivity index (χ3n) is 2.74. The van der Waals surface area contributed by atoms with Crippen molar-refractivity contribution in [2.24, 2.45) is 11.8 Å². The number of ether oxygens (including phenoxy) is 1. The molecule has 98 valence electrons. The van der Waals surface area contributed by atoms with Gasteiger partial charge in [0, 0.05) is 0 Å². The van der Waals surface area contributed by atoms with Crippen LogP contribution in [0.3, 0.4) is 0 Å². The molecule has 2 nitrogen and oxygen atoms in total. The van der Waals surface area contributed by atoms with Crippen LogP contribution in [0.25, 0.3) is 0 Å². The lowest BCUT2D eigenvalue weighted by Gasteiger charge is -2.21. The van der Waals surface area contributed by atoms with Crippen LogP contribution in [0.2, 0.25) is 0 Å². The molecule has 0 radical (unpaired) electrons. The van der Waals surface area contributed by atoms with Gasteiger partial charge in [-0.15, -0.1) is 0 Å². The molecule has 0 fully saturated rings. The molecule has 0 aliphatic rings. The van der Waals surface area contributed by atoms with E-state index in [2.05, 4.69) is 27.7 Å². The summed E-state index contributed by atoms with van der Waals surface area (Å²) in [5.74, 6) is 3.37. The maximum absolute atomic E-state index is 5.73. The fourth-order valence-corrected chi connectivity index (χ4v) is 2.57. The Morgan fingerprint density at radius 1 is 1.29 bits per heavy atom. The van der Waals surface area contributed by atoms with Crippen molar-refractivity contribution in [2.45, 2.75) is 39.6 Å². The summed E-state index contributed by atoms with van der Waals surface area (Å²) < 4.78 is 11.0. The van der Waals surface area contributed by atoms with E-state index in [1.165, 1.54) is 5.75 Å². The van der Waals surface area contributed by atoms with Crippen LogP contribution < -0.4 is 0 Å². The monoisotopic (exact) mass is 256 g/mol. The molecule has 0 amide bonds. The Morgan fingerprint density at radius 2 is 2.06 bits per heavy atom. The van der Waals surface area contributed by atoms with E-state index in [1.807, 2.05) is 23.9 Å². The molecule has 0 N–H and O–H groups in total. The van der Waals surface area contributed by atoms with Gasteiger partial charge in [-0.25, -0.2) is 0 Å². The molecular formula is C14H24O2S. The van der Waals surface area contributed by atoms with E-state index in [1.54, 1.807) is 6.26 Å². The van der Waals surface area contributed by atoms with Crippen LogP contribution in [-0.2, 0) is 11.3 Å². The first kappa shape index (κ1) is 14.7. The van der Waals surface area contributed by atoms with Gasteiger partial charge in [0.1, 0.15) is 12.4 Å². The maximum atomic E-state index is 5.73. The van der Waals surface area contributed by atoms with Gasteiger partial charge in [0.25, 0.3) is 0 Å². The van der Waals surface area contributed by atoms with Gasteiger partial charge in [0.15, 0.2) is 0 Å². The number of rotatable bonds is 8. The molecule has 1 unspecified atom stereocenters. The summed E-state index contributed by atoms with van der Waals surface area (Å²) in [6, 6.07) is 3.85. The van der Waals surface area contributed by atoms with Crippen molar-refractivity contribution in [3.63, 3.8) is 0 Å². The van der Waals surface area contributed by atoms with Crippen LogP contribution in [0.5, 0.6) is 0 Å². The third-order valence-corrected chi connectivity index (χ3v) is 4.03. The Kier molecular flexibility index (Phi) is 6.75. The molecule has 0 aliphatic heterocycles. The normalized spacial score (nSPS) is 13.5. The number of hydrogen-bond acceptors (Lipinski definition) is 3. The smallest absolute Gasteiger partial charge is 0.129 e. The van der Waals surface area contributed by atoms with E-state index < -0.39 is 0 Å². The van der Waals surface area contributed by atoms with E-state index in [4.69, 9.17) is 9.15 Å². The number of hydrogen-bond donors (Lipinski definition) is 0. The molecule has 1 rings (SSSR count). The third kappa shape index (κ3) is 6.18. The summed E-state index contributed by atoms with van der Waals surface area (Å²) >= 11 is 2.01. The topological polar surface area (TPSA) is 22.4 Å². The second-order valence-corrected chi connectivity index (χ2v) is 6.59. The van der Waals surface area contributed by atoms with Crippen molar-refractivity contribution in [1.29, 1.82) is 0 Å². The zero-order chi connectivity index (χ0) is 12.7. The van der Waals surface area contributed by atoms with Gasteiger partial charge in [0.2, 0.25) is 0 Å². The van der Waals surface area contributed by atoms with Gasteiger partial charge < -0.3 is 9.15 Å². The zero-order valence-corrected chi connectivity index (χ0v) is 12.1. The minimum atomic E-state index is 0.586. The van der Waals surface area contributed by atoms with E-state index >= 15 is 0 Å². The van der Waals surface area contributed by atoms with Crippen molar-refractivity contribution in [1.82, 2.24) is 0 Å². The van der Waals surface area contributed by atoms with E-state index in [0.717, 1.165) is 12.4 Å². The summed E-state index contributed by atoms with van der Waals surface area (Å²) in [5.41, 5.74) is 0. The minimum Gasteiger partial charge on any atom is -0.467 e. The van der Waals surface area contributed by atoms with Crippen molar-refractivity contribution >= 4 is 11.8 Å². The van der Waals surface area contributed by atoms with Gasteiger partial charge in [0.05, 0.1) is 12.9 Å². The molecule has 0 bridgehead atoms. The van der Waals surface area contributed by atoms with E-state index in [-0.39, 0.29) is 0 Å². The summed E-state index contributed by atoms with van der Waals surface area (Å²) in [7, 11) is 0. The first-order valence-corrected chi connectivity index (χ1v) is 7.36. The lowest BCUT2D eigenvalue weighted by molar-refractivity contribution is 0.0688. The fraction of sp³-hybridized carbons (Fsp3) is 0.714. The molecule has 3 heteroatoms. The van der Waals surface area contributed by atoms with Gasteiger partial charge in [-0.3, -0.25) is 0 Å². The lowest BCUT2D eigenvalue weighted by atomic mass is 9.99. The Bertz CT molecular complexity index is 280. The lowest BCUT2D eigenvalue weighted by Crippen LogP contribution is -2.19. The van der Waals surface area contributed by atoms with Crippen LogP contribution in [0.15, 0.2) is 22.8 Å². The summed E-state index contributed by atoms with van der Waals surface area (Å²) in [5, 5.41) is 0.696. The van der Waals surface area contributed by atoms with Gasteiger partial charge in [-0.2, -0.15) is 11.8 Å². The molecular weight excluding hydrogens is 232 g/mol. The molecule has 17 heavy (non-hydrogen) atoms. The largest absolute Gasteiger partial charge is 0.467 e. The predicted molar refractivity (Wildman–Crippen MR) is 74.3 cm³/mol. The molecule has 0 aromatic carbocycles. The van der Waals surface area contributed by atoms with Crippen LogP contribution in [0.4, 0.5) is 0 Å². The molecule has 1 atom stereocenters. The van der Waals surface area contributed by atoms with Crippen LogP contribution >= 0.6 is 11.8 Å². The highest BCUT2D eigenvalue weighted by Crippen LogP contribution is 2.21. The average Bonchev–Trinajstić information content (AvgIpc) is 2.74. The van der Waals surface area contributed by atoms with Gasteiger partial charge in [-0.05, 0) is 35.0 Å². The zero-order valence-electron chi connectivity index (χ0n) is 11.3. The van der Waals surface area contributed by atoms with Crippen molar-refractivity contribution < 1.29 is 9.15 Å². The quantitative estimate of drug-likeness (QED) is 0.695. The minimum absolute atomic E-state index is 0.586. The Hall–Kier alpha value is -0.410. The van der Waals surface area contributed by atoms with Crippen molar-refractivity contribution in [3.8, 4) is 0 Å². The number of thioether (sulfide) groups is 1. The summed E-state index contributed by atoms with van der Waals surface area (Å²) in [6.07, 6.45) is 1.69. The molecule has 1 aromatic heterocycles. The van der Waals surface area contributed by atoms with Crippen LogP contribution in [-0.4, -0.2) is 17.6 Å². The summed E-state index contributed by atoms with van der Waals surface area (Å²) in [4.78, 5) is 0. The molecule has 0 spiro atoms. The fourth-order valence-electron chi connectivity index (χ4n) is 1.45. The summed E-state index contributed by atoms with van der Waals surface area (Å²) in [6.45, 7) is 10.4. The highest BCUT2D eigenvalue weighted by Gasteiger charge is 2.14. The first-order chi connectivity index (χ1) is 8.09. The van der Waals surface area contributed by atoms with Gasteiger partial charge >= 0.3 is 0 Å². The second-order valence-electron chi connectivity index (χ2n) is 4.98. The highest BCUT2D eigenvalue weighted by molar-refractivity contribution is 7.99. The van der Waals surface area contributed by atoms with Crippen molar-refractivity contribution in [3.05, 3.63) is 24.2 Å². The molecule has 0 saturated heterocycles. The molecule has 1 heterocycles. The molecule has 0 aliphatic carbocycles. The Balaban J connectivity index is 2.24. The second kappa shape index (κ2) is 7.83. The van der Waals surface area contributed by atoms with Gasteiger partial charge in [-0.1, -0.05) is 27.7 Å². The average molecular weight is 256 g/mol. The highest BCUT2D eigenvalue weighted by atomic mass is 32.2. The number of furan rings is 1. The first-order valence-electron chi connectivity index (χ1n) is 6.31. The Morgan fingerprint density at radius 3 is 2.59 bits per heavy atom. The van der Waals surface area contributed by atoms with Crippen LogP contribution in [0, 0.1) is 11.8 Å². The SMILES string of the molecule is CC(C)SCC(COCc1ccco1)C(C)C. The van der Waals surface area contributed by atoms with E-state index in [0.29, 0.717) is 23.7 Å². The maximum Gasteiger partial charge on any atom is 0.129 e. The predicted octanol–water partition coefficient (Wildman–Crippen LogP) is 4.21. The molecule has 0 saturated carbocycles. The van der Waals surface area contributed by atoms with Crippen molar-refractivity contribution in [2.75, 3.05) is 12.4 Å². The standard InChI is InChI=1S/C14H24O2S/c1-11(2)13(10-17-12(3)4)8-15-9-14-6-5-7-16-14/h5-7,11-13H,8-10H2,1-4H3. The van der Waals surface area contributed by atoms with E-state index in [9.17, 15) is 0 Å². The Labute approximate surface area is 109 Å². The molecule has 1 aromatic rings. The van der Waals surface area contributed by atoms with Crippen LogP contribution in [0.1, 0.15) is 33.5 Å².